The first-order valence-electron chi connectivity index (χ1n) is 7.97. The molecule has 0 spiro atoms. The highest BCUT2D eigenvalue weighted by atomic mass is 16.3. The van der Waals surface area contributed by atoms with Crippen molar-refractivity contribution >= 4 is 11.8 Å². The fourth-order valence-corrected chi connectivity index (χ4v) is 3.42. The molecule has 3 atom stereocenters. The number of aliphatic hydroxyl groups excluding tert-OH is 1. The van der Waals surface area contributed by atoms with E-state index in [0.717, 1.165) is 18.5 Å². The summed E-state index contributed by atoms with van der Waals surface area (Å²) in [4.78, 5) is 30.0. The molecule has 0 radical (unpaired) electrons. The number of hydrogen-bond acceptors (Lipinski definition) is 5. The Morgan fingerprint density at radius 3 is 3.04 bits per heavy atom. The van der Waals surface area contributed by atoms with Gasteiger partial charge in [0.05, 0.1) is 18.7 Å². The second-order valence-corrected chi connectivity index (χ2v) is 6.20. The number of carbonyl (C=O) groups is 2. The normalized spacial score (nSPS) is 28.4. The van der Waals surface area contributed by atoms with Crippen molar-refractivity contribution in [1.29, 1.82) is 0 Å². The molecule has 2 amide bonds. The van der Waals surface area contributed by atoms with Crippen molar-refractivity contribution < 1.29 is 14.7 Å². The van der Waals surface area contributed by atoms with Gasteiger partial charge in [0.25, 0.3) is 5.91 Å². The molecule has 3 N–H and O–H groups in total. The van der Waals surface area contributed by atoms with Crippen LogP contribution in [0.4, 0.5) is 0 Å². The molecule has 0 bridgehead atoms. The van der Waals surface area contributed by atoms with E-state index in [0.29, 0.717) is 25.2 Å². The van der Waals surface area contributed by atoms with Gasteiger partial charge >= 0.3 is 0 Å². The van der Waals surface area contributed by atoms with Gasteiger partial charge in [-0.3, -0.25) is 19.5 Å². The number of pyridine rings is 1. The maximum absolute atomic E-state index is 12.3. The average Bonchev–Trinajstić information content (AvgIpc) is 2.88. The van der Waals surface area contributed by atoms with Crippen molar-refractivity contribution in [2.45, 2.75) is 38.0 Å². The first-order chi connectivity index (χ1) is 11.1. The standard InChI is InChI=1S/C16H22N4O3/c1-10-3-2-6-18-14(10)16(23)19-11-4-5-12(15(11)22)20-8-7-17-13(21)9-20/h2-3,6,11-12,15,22H,4-5,7-9H2,1H3,(H,17,21)(H,19,23)/t11-,12-,15-/m1/s1. The van der Waals surface area contributed by atoms with Crippen LogP contribution < -0.4 is 10.6 Å². The first-order valence-corrected chi connectivity index (χ1v) is 7.97. The molecule has 3 rings (SSSR count). The highest BCUT2D eigenvalue weighted by Gasteiger charge is 2.40. The molecule has 1 aliphatic carbocycles. The molecule has 2 aliphatic rings. The molecule has 0 unspecified atom stereocenters. The van der Waals surface area contributed by atoms with Crippen molar-refractivity contribution in [2.75, 3.05) is 19.6 Å². The molecule has 0 aromatic carbocycles. The zero-order valence-electron chi connectivity index (χ0n) is 13.2. The Bertz CT molecular complexity index is 607. The second-order valence-electron chi connectivity index (χ2n) is 6.20. The van der Waals surface area contributed by atoms with Crippen LogP contribution in [-0.2, 0) is 4.79 Å². The number of aryl methyl sites for hydroxylation is 1. The van der Waals surface area contributed by atoms with Gasteiger partial charge in [0.15, 0.2) is 0 Å². The quantitative estimate of drug-likeness (QED) is 0.695. The van der Waals surface area contributed by atoms with E-state index in [2.05, 4.69) is 15.6 Å². The second kappa shape index (κ2) is 6.64. The number of aromatic nitrogens is 1. The van der Waals surface area contributed by atoms with Crippen LogP contribution in [0.3, 0.4) is 0 Å². The van der Waals surface area contributed by atoms with Crippen LogP contribution in [0.5, 0.6) is 0 Å². The number of rotatable bonds is 3. The van der Waals surface area contributed by atoms with E-state index >= 15 is 0 Å². The van der Waals surface area contributed by atoms with Gasteiger partial charge in [-0.05, 0) is 31.4 Å². The van der Waals surface area contributed by atoms with Crippen molar-refractivity contribution in [3.63, 3.8) is 0 Å². The summed E-state index contributed by atoms with van der Waals surface area (Å²) in [5, 5.41) is 16.2. The predicted molar refractivity (Wildman–Crippen MR) is 83.8 cm³/mol. The molecular weight excluding hydrogens is 296 g/mol. The monoisotopic (exact) mass is 318 g/mol. The van der Waals surface area contributed by atoms with Gasteiger partial charge < -0.3 is 15.7 Å². The fourth-order valence-electron chi connectivity index (χ4n) is 3.42. The van der Waals surface area contributed by atoms with Crippen LogP contribution in [0, 0.1) is 6.92 Å². The Morgan fingerprint density at radius 1 is 1.48 bits per heavy atom. The molecule has 1 aromatic heterocycles. The zero-order valence-corrected chi connectivity index (χ0v) is 13.2. The lowest BCUT2D eigenvalue weighted by atomic mass is 10.1. The Morgan fingerprint density at radius 2 is 2.30 bits per heavy atom. The summed E-state index contributed by atoms with van der Waals surface area (Å²) in [7, 11) is 0. The minimum atomic E-state index is -0.672. The Balaban J connectivity index is 1.63. The highest BCUT2D eigenvalue weighted by molar-refractivity contribution is 5.93. The van der Waals surface area contributed by atoms with Crippen molar-refractivity contribution in [1.82, 2.24) is 20.5 Å². The van der Waals surface area contributed by atoms with Crippen molar-refractivity contribution in [2.24, 2.45) is 0 Å². The van der Waals surface area contributed by atoms with Gasteiger partial charge in [-0.2, -0.15) is 0 Å². The maximum atomic E-state index is 12.3. The Kier molecular flexibility index (Phi) is 4.58. The summed E-state index contributed by atoms with van der Waals surface area (Å²) in [6.07, 6.45) is 2.37. The highest BCUT2D eigenvalue weighted by Crippen LogP contribution is 2.25. The van der Waals surface area contributed by atoms with Crippen molar-refractivity contribution in [3.8, 4) is 0 Å². The van der Waals surface area contributed by atoms with E-state index in [1.54, 1.807) is 12.3 Å². The Hall–Kier alpha value is -1.99. The molecule has 2 fully saturated rings. The maximum Gasteiger partial charge on any atom is 0.270 e. The van der Waals surface area contributed by atoms with Gasteiger partial charge in [-0.1, -0.05) is 6.07 Å². The molecule has 7 nitrogen and oxygen atoms in total. The zero-order chi connectivity index (χ0) is 16.4. The lowest BCUT2D eigenvalue weighted by Crippen LogP contribution is -2.55. The number of aliphatic hydroxyl groups is 1. The number of carbonyl (C=O) groups excluding carboxylic acids is 2. The van der Waals surface area contributed by atoms with E-state index in [-0.39, 0.29) is 23.9 Å². The molecule has 1 aliphatic heterocycles. The van der Waals surface area contributed by atoms with Crippen LogP contribution in [0.15, 0.2) is 18.3 Å². The van der Waals surface area contributed by atoms with E-state index < -0.39 is 6.10 Å². The largest absolute Gasteiger partial charge is 0.389 e. The van der Waals surface area contributed by atoms with Gasteiger partial charge in [-0.15, -0.1) is 0 Å². The fraction of sp³-hybridized carbons (Fsp3) is 0.562. The summed E-state index contributed by atoms with van der Waals surface area (Å²) in [6.45, 7) is 3.48. The van der Waals surface area contributed by atoms with Crippen LogP contribution >= 0.6 is 0 Å². The summed E-state index contributed by atoms with van der Waals surface area (Å²) in [6, 6.07) is 3.23. The average molecular weight is 318 g/mol. The number of amides is 2. The summed E-state index contributed by atoms with van der Waals surface area (Å²) in [5.74, 6) is -0.274. The van der Waals surface area contributed by atoms with Crippen LogP contribution in [0.25, 0.3) is 0 Å². The molecule has 124 valence electrons. The molecular formula is C16H22N4O3. The third-order valence-electron chi connectivity index (χ3n) is 4.66. The molecule has 1 aromatic rings. The summed E-state index contributed by atoms with van der Waals surface area (Å²) < 4.78 is 0. The summed E-state index contributed by atoms with van der Waals surface area (Å²) >= 11 is 0. The van der Waals surface area contributed by atoms with Gasteiger partial charge in [-0.25, -0.2) is 0 Å². The predicted octanol–water partition coefficient (Wildman–Crippen LogP) is -0.556. The minimum Gasteiger partial charge on any atom is -0.389 e. The van der Waals surface area contributed by atoms with Gasteiger partial charge in [0.2, 0.25) is 5.91 Å². The smallest absolute Gasteiger partial charge is 0.270 e. The van der Waals surface area contributed by atoms with Crippen molar-refractivity contribution in [3.05, 3.63) is 29.6 Å². The topological polar surface area (TPSA) is 94.6 Å². The SMILES string of the molecule is Cc1cccnc1C(=O)N[C@@H]1CC[C@@H](N2CCNC(=O)C2)[C@@H]1O. The number of nitrogens with one attached hydrogen (secondary N) is 2. The third kappa shape index (κ3) is 3.35. The molecule has 1 saturated carbocycles. The minimum absolute atomic E-state index is 0.0138. The molecule has 2 heterocycles. The molecule has 1 saturated heterocycles. The van der Waals surface area contributed by atoms with Gasteiger partial charge in [0, 0.05) is 25.3 Å². The summed E-state index contributed by atoms with van der Waals surface area (Å²) in [5.41, 5.74) is 1.20. The van der Waals surface area contributed by atoms with Gasteiger partial charge in [0.1, 0.15) is 5.69 Å². The number of nitrogens with zero attached hydrogens (tertiary/aromatic N) is 2. The van der Waals surface area contributed by atoms with E-state index in [1.807, 2.05) is 17.9 Å². The lowest BCUT2D eigenvalue weighted by Gasteiger charge is -2.34. The van der Waals surface area contributed by atoms with E-state index in [1.165, 1.54) is 0 Å². The van der Waals surface area contributed by atoms with Crippen LogP contribution in [0.2, 0.25) is 0 Å². The molecule has 23 heavy (non-hydrogen) atoms. The van der Waals surface area contributed by atoms with Crippen LogP contribution in [0.1, 0.15) is 28.9 Å². The van der Waals surface area contributed by atoms with E-state index in [9.17, 15) is 14.7 Å². The van der Waals surface area contributed by atoms with E-state index in [4.69, 9.17) is 0 Å². The number of hydrogen-bond donors (Lipinski definition) is 3. The first kappa shape index (κ1) is 15.9. The Labute approximate surface area is 135 Å². The lowest BCUT2D eigenvalue weighted by molar-refractivity contribution is -0.125. The molecule has 7 heteroatoms. The third-order valence-corrected chi connectivity index (χ3v) is 4.66. The van der Waals surface area contributed by atoms with Crippen LogP contribution in [-0.4, -0.2) is 64.6 Å². The number of piperazine rings is 1.